The molecule has 1 aliphatic heterocycles. The predicted octanol–water partition coefficient (Wildman–Crippen LogP) is 0.285. The fourth-order valence-electron chi connectivity index (χ4n) is 2.45. The van der Waals surface area contributed by atoms with Gasteiger partial charge in [-0.3, -0.25) is 14.6 Å². The van der Waals surface area contributed by atoms with Crippen LogP contribution in [0.25, 0.3) is 0 Å². The Bertz CT molecular complexity index is 489. The average molecular weight is 262 g/mol. The Morgan fingerprint density at radius 2 is 2.32 bits per heavy atom. The molecule has 1 unspecified atom stereocenters. The van der Waals surface area contributed by atoms with Crippen LogP contribution in [0.2, 0.25) is 0 Å². The first-order valence-corrected chi connectivity index (χ1v) is 6.34. The summed E-state index contributed by atoms with van der Waals surface area (Å²) in [4.78, 5) is 28.5. The number of primary amides is 1. The smallest absolute Gasteiger partial charge is 0.252 e. The number of carbonyl (C=O) groups excluding carboxylic acids is 2. The SMILES string of the molecule is CC(=O)NC1CCCN(c2ccncc2C(N)=O)C1. The molecule has 0 radical (unpaired) electrons. The number of hydrogen-bond donors (Lipinski definition) is 2. The molecule has 1 atom stereocenters. The molecule has 102 valence electrons. The van der Waals surface area contributed by atoms with Gasteiger partial charge in [-0.15, -0.1) is 0 Å². The fourth-order valence-corrected chi connectivity index (χ4v) is 2.45. The molecular weight excluding hydrogens is 244 g/mol. The quantitative estimate of drug-likeness (QED) is 0.819. The molecule has 2 amide bonds. The minimum absolute atomic E-state index is 0.0308. The third kappa shape index (κ3) is 3.21. The zero-order valence-corrected chi connectivity index (χ0v) is 10.9. The molecule has 2 heterocycles. The lowest BCUT2D eigenvalue weighted by Gasteiger charge is -2.35. The van der Waals surface area contributed by atoms with Gasteiger partial charge in [-0.1, -0.05) is 0 Å². The monoisotopic (exact) mass is 262 g/mol. The molecule has 0 aliphatic carbocycles. The summed E-state index contributed by atoms with van der Waals surface area (Å²) in [6.45, 7) is 3.05. The number of nitrogens with zero attached hydrogens (tertiary/aromatic N) is 2. The number of carbonyl (C=O) groups is 2. The molecule has 1 aliphatic rings. The van der Waals surface area contributed by atoms with E-state index in [0.717, 1.165) is 25.1 Å². The molecule has 2 rings (SSSR count). The molecule has 3 N–H and O–H groups in total. The highest BCUT2D eigenvalue weighted by Gasteiger charge is 2.23. The number of aromatic nitrogens is 1. The molecule has 1 aromatic rings. The van der Waals surface area contributed by atoms with Gasteiger partial charge < -0.3 is 16.0 Å². The minimum Gasteiger partial charge on any atom is -0.369 e. The van der Waals surface area contributed by atoms with Gasteiger partial charge in [0.2, 0.25) is 5.91 Å². The number of amides is 2. The summed E-state index contributed by atoms with van der Waals surface area (Å²) in [5, 5.41) is 2.92. The number of nitrogens with one attached hydrogen (secondary N) is 1. The summed E-state index contributed by atoms with van der Waals surface area (Å²) in [6, 6.07) is 1.90. The molecule has 0 saturated carbocycles. The summed E-state index contributed by atoms with van der Waals surface area (Å²) in [6.07, 6.45) is 5.04. The van der Waals surface area contributed by atoms with Crippen LogP contribution in [0.15, 0.2) is 18.5 Å². The van der Waals surface area contributed by atoms with Crippen molar-refractivity contribution in [3.63, 3.8) is 0 Å². The maximum atomic E-state index is 11.4. The molecule has 0 spiro atoms. The van der Waals surface area contributed by atoms with Crippen molar-refractivity contribution in [2.75, 3.05) is 18.0 Å². The van der Waals surface area contributed by atoms with Crippen LogP contribution in [0, 0.1) is 0 Å². The Kier molecular flexibility index (Phi) is 3.99. The molecule has 1 aromatic heterocycles. The second-order valence-corrected chi connectivity index (χ2v) is 4.74. The van der Waals surface area contributed by atoms with Gasteiger partial charge in [0.1, 0.15) is 0 Å². The van der Waals surface area contributed by atoms with E-state index < -0.39 is 5.91 Å². The number of hydrogen-bond acceptors (Lipinski definition) is 4. The predicted molar refractivity (Wildman–Crippen MR) is 71.8 cm³/mol. The number of rotatable bonds is 3. The van der Waals surface area contributed by atoms with E-state index in [2.05, 4.69) is 15.2 Å². The Balaban J connectivity index is 2.17. The summed E-state index contributed by atoms with van der Waals surface area (Å²) < 4.78 is 0. The van der Waals surface area contributed by atoms with Crippen molar-refractivity contribution in [1.82, 2.24) is 10.3 Å². The first kappa shape index (κ1) is 13.3. The number of piperidine rings is 1. The zero-order valence-electron chi connectivity index (χ0n) is 10.9. The van der Waals surface area contributed by atoms with Gasteiger partial charge in [-0.25, -0.2) is 0 Å². The largest absolute Gasteiger partial charge is 0.369 e. The van der Waals surface area contributed by atoms with E-state index in [9.17, 15) is 9.59 Å². The van der Waals surface area contributed by atoms with E-state index in [4.69, 9.17) is 5.73 Å². The Morgan fingerprint density at radius 3 is 3.00 bits per heavy atom. The van der Waals surface area contributed by atoms with Gasteiger partial charge >= 0.3 is 0 Å². The van der Waals surface area contributed by atoms with E-state index in [1.807, 2.05) is 0 Å². The molecular formula is C13H18N4O2. The Hall–Kier alpha value is -2.11. The lowest BCUT2D eigenvalue weighted by molar-refractivity contribution is -0.119. The average Bonchev–Trinajstić information content (AvgIpc) is 2.38. The second kappa shape index (κ2) is 5.69. The topological polar surface area (TPSA) is 88.3 Å². The molecule has 0 bridgehead atoms. The highest BCUT2D eigenvalue weighted by molar-refractivity contribution is 5.98. The molecule has 0 aromatic carbocycles. The Labute approximate surface area is 112 Å². The Morgan fingerprint density at radius 1 is 1.53 bits per heavy atom. The van der Waals surface area contributed by atoms with Crippen molar-refractivity contribution in [3.05, 3.63) is 24.0 Å². The van der Waals surface area contributed by atoms with Crippen LogP contribution in [-0.2, 0) is 4.79 Å². The van der Waals surface area contributed by atoms with Crippen LogP contribution in [0.4, 0.5) is 5.69 Å². The van der Waals surface area contributed by atoms with Gasteiger partial charge in [0.15, 0.2) is 0 Å². The van der Waals surface area contributed by atoms with Gasteiger partial charge in [0.25, 0.3) is 5.91 Å². The molecule has 1 fully saturated rings. The summed E-state index contributed by atoms with van der Waals surface area (Å²) >= 11 is 0. The van der Waals surface area contributed by atoms with Gasteiger partial charge in [-0.05, 0) is 18.9 Å². The summed E-state index contributed by atoms with van der Waals surface area (Å²) in [7, 11) is 0. The maximum Gasteiger partial charge on any atom is 0.252 e. The van der Waals surface area contributed by atoms with Crippen LogP contribution < -0.4 is 16.0 Å². The van der Waals surface area contributed by atoms with Crippen LogP contribution >= 0.6 is 0 Å². The van der Waals surface area contributed by atoms with E-state index in [1.165, 1.54) is 13.1 Å². The minimum atomic E-state index is -0.482. The highest BCUT2D eigenvalue weighted by Crippen LogP contribution is 2.23. The second-order valence-electron chi connectivity index (χ2n) is 4.74. The van der Waals surface area contributed by atoms with Gasteiger partial charge in [0, 0.05) is 38.4 Å². The highest BCUT2D eigenvalue weighted by atomic mass is 16.1. The molecule has 6 heteroatoms. The van der Waals surface area contributed by atoms with Crippen molar-refractivity contribution in [2.24, 2.45) is 5.73 Å². The normalized spacial score (nSPS) is 19.0. The van der Waals surface area contributed by atoms with E-state index in [-0.39, 0.29) is 11.9 Å². The summed E-state index contributed by atoms with van der Waals surface area (Å²) in [5.41, 5.74) is 6.57. The molecule has 6 nitrogen and oxygen atoms in total. The number of anilines is 1. The zero-order chi connectivity index (χ0) is 13.8. The van der Waals surface area contributed by atoms with E-state index >= 15 is 0 Å². The van der Waals surface area contributed by atoms with E-state index in [1.54, 1.807) is 12.3 Å². The first-order chi connectivity index (χ1) is 9.08. The van der Waals surface area contributed by atoms with Crippen LogP contribution in [0.3, 0.4) is 0 Å². The van der Waals surface area contributed by atoms with Gasteiger partial charge in [-0.2, -0.15) is 0 Å². The van der Waals surface area contributed by atoms with Crippen molar-refractivity contribution in [3.8, 4) is 0 Å². The summed E-state index contributed by atoms with van der Waals surface area (Å²) in [5.74, 6) is -0.513. The van der Waals surface area contributed by atoms with Crippen molar-refractivity contribution in [2.45, 2.75) is 25.8 Å². The third-order valence-corrected chi connectivity index (χ3v) is 3.23. The lowest BCUT2D eigenvalue weighted by atomic mass is 10.0. The first-order valence-electron chi connectivity index (χ1n) is 6.34. The number of pyridine rings is 1. The number of nitrogens with two attached hydrogens (primary N) is 1. The van der Waals surface area contributed by atoms with Crippen LogP contribution in [-0.4, -0.2) is 35.9 Å². The third-order valence-electron chi connectivity index (χ3n) is 3.23. The van der Waals surface area contributed by atoms with Crippen molar-refractivity contribution in [1.29, 1.82) is 0 Å². The van der Waals surface area contributed by atoms with Crippen molar-refractivity contribution < 1.29 is 9.59 Å². The lowest BCUT2D eigenvalue weighted by Crippen LogP contribution is -2.47. The van der Waals surface area contributed by atoms with Crippen LogP contribution in [0.5, 0.6) is 0 Å². The maximum absolute atomic E-state index is 11.4. The molecule has 19 heavy (non-hydrogen) atoms. The fraction of sp³-hybridized carbons (Fsp3) is 0.462. The van der Waals surface area contributed by atoms with E-state index in [0.29, 0.717) is 12.1 Å². The van der Waals surface area contributed by atoms with Gasteiger partial charge in [0.05, 0.1) is 11.3 Å². The van der Waals surface area contributed by atoms with Crippen molar-refractivity contribution >= 4 is 17.5 Å². The molecule has 1 saturated heterocycles. The standard InChI is InChI=1S/C13H18N4O2/c1-9(18)16-10-3-2-6-17(8-10)12-4-5-15-7-11(12)13(14)19/h4-5,7,10H,2-3,6,8H2,1H3,(H2,14,19)(H,16,18). The van der Waals surface area contributed by atoms with Crippen LogP contribution in [0.1, 0.15) is 30.1 Å².